The lowest BCUT2D eigenvalue weighted by Gasteiger charge is -2.08. The fourth-order valence-electron chi connectivity index (χ4n) is 1.38. The second kappa shape index (κ2) is 5.69. The summed E-state index contributed by atoms with van der Waals surface area (Å²) in [5.41, 5.74) is 0.125. The summed E-state index contributed by atoms with van der Waals surface area (Å²) in [6.45, 7) is 0. The van der Waals surface area contributed by atoms with Crippen molar-refractivity contribution in [3.63, 3.8) is 0 Å². The van der Waals surface area contributed by atoms with Gasteiger partial charge in [0.15, 0.2) is 0 Å². The average Bonchev–Trinajstić information content (AvgIpc) is 2.85. The number of amides is 1. The highest BCUT2D eigenvalue weighted by atomic mass is 19.4. The van der Waals surface area contributed by atoms with Crippen molar-refractivity contribution in [3.05, 3.63) is 29.8 Å². The number of ether oxygens (including phenoxy) is 2. The van der Waals surface area contributed by atoms with Gasteiger partial charge in [0.1, 0.15) is 5.75 Å². The molecule has 0 atom stereocenters. The SMILES string of the molecule is COc1n[nH]c(NC(=O)c2ccc(OC(F)(F)F)cc2)n1. The number of nitrogens with zero attached hydrogens (tertiary/aromatic N) is 2. The van der Waals surface area contributed by atoms with Gasteiger partial charge in [0.25, 0.3) is 5.91 Å². The third kappa shape index (κ3) is 4.09. The smallest absolute Gasteiger partial charge is 0.466 e. The highest BCUT2D eigenvalue weighted by Gasteiger charge is 2.31. The van der Waals surface area contributed by atoms with Crippen LogP contribution in [0.3, 0.4) is 0 Å². The molecule has 21 heavy (non-hydrogen) atoms. The molecule has 2 rings (SSSR count). The Morgan fingerprint density at radius 2 is 1.95 bits per heavy atom. The minimum atomic E-state index is -4.78. The van der Waals surface area contributed by atoms with E-state index in [1.165, 1.54) is 19.2 Å². The van der Waals surface area contributed by atoms with E-state index < -0.39 is 18.0 Å². The number of carbonyl (C=O) groups is 1. The summed E-state index contributed by atoms with van der Waals surface area (Å²) in [5, 5.41) is 8.40. The van der Waals surface area contributed by atoms with Crippen LogP contribution < -0.4 is 14.8 Å². The number of hydrogen-bond donors (Lipinski definition) is 2. The molecule has 0 unspecified atom stereocenters. The van der Waals surface area contributed by atoms with Crippen LogP contribution in [-0.4, -0.2) is 34.6 Å². The summed E-state index contributed by atoms with van der Waals surface area (Å²) >= 11 is 0. The van der Waals surface area contributed by atoms with Gasteiger partial charge in [-0.1, -0.05) is 0 Å². The predicted octanol–water partition coefficient (Wildman–Crippen LogP) is 1.96. The molecule has 2 aromatic rings. The van der Waals surface area contributed by atoms with E-state index in [4.69, 9.17) is 4.74 Å². The van der Waals surface area contributed by atoms with Crippen molar-refractivity contribution >= 4 is 11.9 Å². The Morgan fingerprint density at radius 3 is 2.48 bits per heavy atom. The fraction of sp³-hybridized carbons (Fsp3) is 0.182. The van der Waals surface area contributed by atoms with Crippen molar-refractivity contribution in [2.45, 2.75) is 6.36 Å². The first-order chi connectivity index (χ1) is 9.87. The Kier molecular flexibility index (Phi) is 3.96. The number of aromatic nitrogens is 3. The van der Waals surface area contributed by atoms with Gasteiger partial charge in [-0.15, -0.1) is 18.3 Å². The Hall–Kier alpha value is -2.78. The Balaban J connectivity index is 2.02. The molecule has 0 radical (unpaired) electrons. The zero-order valence-corrected chi connectivity index (χ0v) is 10.6. The zero-order valence-electron chi connectivity index (χ0n) is 10.6. The van der Waals surface area contributed by atoms with Gasteiger partial charge in [0.05, 0.1) is 7.11 Å². The maximum atomic E-state index is 12.0. The van der Waals surface area contributed by atoms with Crippen LogP contribution in [0.15, 0.2) is 24.3 Å². The first-order valence-electron chi connectivity index (χ1n) is 5.51. The number of carbonyl (C=O) groups excluding carboxylic acids is 1. The predicted molar refractivity (Wildman–Crippen MR) is 64.0 cm³/mol. The lowest BCUT2D eigenvalue weighted by molar-refractivity contribution is -0.274. The third-order valence-electron chi connectivity index (χ3n) is 2.23. The molecular weight excluding hydrogens is 293 g/mol. The largest absolute Gasteiger partial charge is 0.573 e. The van der Waals surface area contributed by atoms with Crippen LogP contribution in [-0.2, 0) is 0 Å². The maximum Gasteiger partial charge on any atom is 0.573 e. The standard InChI is InChI=1S/C11H9F3N4O3/c1-20-10-16-9(17-18-10)15-8(19)6-2-4-7(5-3-6)21-11(12,13)14/h2-5H,1H3,(H2,15,16,17,18,19). The van der Waals surface area contributed by atoms with E-state index in [0.717, 1.165) is 12.1 Å². The molecular formula is C11H9F3N4O3. The number of hydrogen-bond acceptors (Lipinski definition) is 5. The van der Waals surface area contributed by atoms with Crippen LogP contribution in [0, 0.1) is 0 Å². The molecule has 0 spiro atoms. The van der Waals surface area contributed by atoms with Crippen molar-refractivity contribution in [1.82, 2.24) is 15.2 Å². The van der Waals surface area contributed by atoms with Gasteiger partial charge in [-0.25, -0.2) is 5.10 Å². The quantitative estimate of drug-likeness (QED) is 0.901. The summed E-state index contributed by atoms with van der Waals surface area (Å²) in [6, 6.07) is 4.47. The van der Waals surface area contributed by atoms with E-state index in [1.807, 2.05) is 0 Å². The number of H-pyrrole nitrogens is 1. The molecule has 0 saturated heterocycles. The normalized spacial score (nSPS) is 11.0. The van der Waals surface area contributed by atoms with Gasteiger partial charge in [-0.3, -0.25) is 10.1 Å². The van der Waals surface area contributed by atoms with E-state index in [0.29, 0.717) is 0 Å². The summed E-state index contributed by atoms with van der Waals surface area (Å²) in [4.78, 5) is 15.6. The van der Waals surface area contributed by atoms with E-state index in [2.05, 4.69) is 25.2 Å². The molecule has 2 N–H and O–H groups in total. The van der Waals surface area contributed by atoms with E-state index >= 15 is 0 Å². The highest BCUT2D eigenvalue weighted by molar-refractivity contribution is 6.03. The number of aromatic amines is 1. The van der Waals surface area contributed by atoms with Crippen LogP contribution in [0.2, 0.25) is 0 Å². The molecule has 0 fully saturated rings. The summed E-state index contributed by atoms with van der Waals surface area (Å²) in [5.74, 6) is -0.944. The maximum absolute atomic E-state index is 12.0. The fourth-order valence-corrected chi connectivity index (χ4v) is 1.38. The Bertz CT molecular complexity index is 624. The van der Waals surface area contributed by atoms with Crippen LogP contribution >= 0.6 is 0 Å². The number of alkyl halides is 3. The number of anilines is 1. The summed E-state index contributed by atoms with van der Waals surface area (Å²) in [7, 11) is 1.36. The molecule has 10 heteroatoms. The van der Waals surface area contributed by atoms with Crippen molar-refractivity contribution in [2.24, 2.45) is 0 Å². The number of benzene rings is 1. The molecule has 112 valence electrons. The lowest BCUT2D eigenvalue weighted by Crippen LogP contribution is -2.17. The second-order valence-electron chi connectivity index (χ2n) is 3.70. The van der Waals surface area contributed by atoms with Crippen molar-refractivity contribution in [3.8, 4) is 11.8 Å². The number of methoxy groups -OCH3 is 1. The number of halogens is 3. The van der Waals surface area contributed by atoms with E-state index in [-0.39, 0.29) is 17.5 Å². The van der Waals surface area contributed by atoms with Crippen LogP contribution in [0.5, 0.6) is 11.8 Å². The topological polar surface area (TPSA) is 89.1 Å². The van der Waals surface area contributed by atoms with Gasteiger partial charge < -0.3 is 9.47 Å². The summed E-state index contributed by atoms with van der Waals surface area (Å²) in [6.07, 6.45) is -4.78. The molecule has 0 aliphatic heterocycles. The molecule has 1 amide bonds. The molecule has 1 aromatic heterocycles. The number of nitrogens with one attached hydrogen (secondary N) is 2. The summed E-state index contributed by atoms with van der Waals surface area (Å²) < 4.78 is 44.4. The lowest BCUT2D eigenvalue weighted by atomic mass is 10.2. The molecule has 0 aliphatic carbocycles. The number of rotatable bonds is 4. The highest BCUT2D eigenvalue weighted by Crippen LogP contribution is 2.22. The first-order valence-corrected chi connectivity index (χ1v) is 5.51. The molecule has 0 bridgehead atoms. The Morgan fingerprint density at radius 1 is 1.29 bits per heavy atom. The van der Waals surface area contributed by atoms with Crippen molar-refractivity contribution in [1.29, 1.82) is 0 Å². The first kappa shape index (κ1) is 14.6. The van der Waals surface area contributed by atoms with Gasteiger partial charge in [0.2, 0.25) is 5.95 Å². The van der Waals surface area contributed by atoms with Gasteiger partial charge in [0, 0.05) is 5.56 Å². The van der Waals surface area contributed by atoms with Crippen LogP contribution in [0.4, 0.5) is 19.1 Å². The molecule has 0 saturated carbocycles. The average molecular weight is 302 g/mol. The zero-order chi connectivity index (χ0) is 15.5. The Labute approximate surface area is 116 Å². The van der Waals surface area contributed by atoms with Crippen LogP contribution in [0.1, 0.15) is 10.4 Å². The van der Waals surface area contributed by atoms with E-state index in [9.17, 15) is 18.0 Å². The second-order valence-corrected chi connectivity index (χ2v) is 3.70. The molecule has 0 aliphatic rings. The minimum absolute atomic E-state index is 0.0409. The van der Waals surface area contributed by atoms with Gasteiger partial charge in [-0.2, -0.15) is 4.98 Å². The third-order valence-corrected chi connectivity index (χ3v) is 2.23. The minimum Gasteiger partial charge on any atom is -0.466 e. The van der Waals surface area contributed by atoms with Crippen molar-refractivity contribution < 1.29 is 27.4 Å². The van der Waals surface area contributed by atoms with E-state index in [1.54, 1.807) is 0 Å². The molecule has 7 nitrogen and oxygen atoms in total. The van der Waals surface area contributed by atoms with Crippen molar-refractivity contribution in [2.75, 3.05) is 12.4 Å². The van der Waals surface area contributed by atoms with Gasteiger partial charge in [-0.05, 0) is 24.3 Å². The molecule has 1 heterocycles. The van der Waals surface area contributed by atoms with Gasteiger partial charge >= 0.3 is 12.4 Å². The van der Waals surface area contributed by atoms with Crippen LogP contribution in [0.25, 0.3) is 0 Å². The monoisotopic (exact) mass is 302 g/mol. The molecule has 1 aromatic carbocycles.